The van der Waals surface area contributed by atoms with Crippen LogP contribution in [-0.4, -0.2) is 34.6 Å². The lowest BCUT2D eigenvalue weighted by Crippen LogP contribution is -2.46. The number of anilines is 2. The number of carbonyl (C=O) groups excluding carboxylic acids is 1. The maximum absolute atomic E-state index is 13.4. The summed E-state index contributed by atoms with van der Waals surface area (Å²) in [6, 6.07) is 12.2. The van der Waals surface area contributed by atoms with Gasteiger partial charge in [0.05, 0.1) is 11.7 Å². The van der Waals surface area contributed by atoms with Crippen molar-refractivity contribution in [3.63, 3.8) is 0 Å². The number of benzene rings is 1. The van der Waals surface area contributed by atoms with Gasteiger partial charge in [-0.1, -0.05) is 6.07 Å². The van der Waals surface area contributed by atoms with E-state index in [-0.39, 0.29) is 11.9 Å². The van der Waals surface area contributed by atoms with Crippen molar-refractivity contribution in [2.75, 3.05) is 22.9 Å². The molecule has 3 aromatic rings. The zero-order valence-corrected chi connectivity index (χ0v) is 13.5. The highest BCUT2D eigenvalue weighted by Crippen LogP contribution is 2.39. The molecule has 2 aliphatic rings. The Hall–Kier alpha value is -2.82. The van der Waals surface area contributed by atoms with Crippen molar-refractivity contribution >= 4 is 28.3 Å². The Kier molecular flexibility index (Phi) is 2.74. The first kappa shape index (κ1) is 13.6. The molecule has 0 spiro atoms. The summed E-state index contributed by atoms with van der Waals surface area (Å²) in [5.74, 6) is 0.850. The molecule has 2 bridgehead atoms. The van der Waals surface area contributed by atoms with Crippen LogP contribution in [0.2, 0.25) is 0 Å². The van der Waals surface area contributed by atoms with Crippen LogP contribution in [0.3, 0.4) is 0 Å². The summed E-state index contributed by atoms with van der Waals surface area (Å²) in [5, 5.41) is 1.00. The first-order chi connectivity index (χ1) is 11.7. The highest BCUT2D eigenvalue weighted by atomic mass is 16.2. The molecule has 0 N–H and O–H groups in total. The van der Waals surface area contributed by atoms with Gasteiger partial charge in [-0.2, -0.15) is 0 Å². The Morgan fingerprint density at radius 3 is 3.04 bits per heavy atom. The van der Waals surface area contributed by atoms with Gasteiger partial charge in [0.1, 0.15) is 0 Å². The van der Waals surface area contributed by atoms with Crippen molar-refractivity contribution in [2.45, 2.75) is 12.5 Å². The molecular weight excluding hydrogens is 300 g/mol. The van der Waals surface area contributed by atoms with Gasteiger partial charge in [-0.25, -0.2) is 4.98 Å². The summed E-state index contributed by atoms with van der Waals surface area (Å²) in [4.78, 5) is 22.2. The molecule has 120 valence electrons. The topological polar surface area (TPSA) is 41.4 Å². The molecule has 2 aliphatic heterocycles. The van der Waals surface area contributed by atoms with Gasteiger partial charge in [0, 0.05) is 49.0 Å². The number of aromatic nitrogens is 2. The second kappa shape index (κ2) is 4.84. The van der Waals surface area contributed by atoms with E-state index in [0.717, 1.165) is 47.5 Å². The van der Waals surface area contributed by atoms with Crippen molar-refractivity contribution in [3.05, 3.63) is 54.4 Å². The second-order valence-electron chi connectivity index (χ2n) is 6.57. The molecule has 5 rings (SSSR count). The maximum atomic E-state index is 13.4. The monoisotopic (exact) mass is 318 g/mol. The van der Waals surface area contributed by atoms with Crippen LogP contribution < -0.4 is 9.80 Å². The third-order valence-corrected chi connectivity index (χ3v) is 5.24. The summed E-state index contributed by atoms with van der Waals surface area (Å²) < 4.78 is 2.05. The number of carbonyl (C=O) groups is 1. The highest BCUT2D eigenvalue weighted by Gasteiger charge is 2.40. The van der Waals surface area contributed by atoms with E-state index < -0.39 is 0 Å². The lowest BCUT2D eigenvalue weighted by Gasteiger charge is -2.35. The molecule has 5 heteroatoms. The Morgan fingerprint density at radius 2 is 2.12 bits per heavy atom. The maximum Gasteiger partial charge on any atom is 0.260 e. The molecule has 5 nitrogen and oxygen atoms in total. The smallest absolute Gasteiger partial charge is 0.260 e. The van der Waals surface area contributed by atoms with E-state index in [9.17, 15) is 4.79 Å². The third kappa shape index (κ3) is 1.75. The van der Waals surface area contributed by atoms with E-state index >= 15 is 0 Å². The van der Waals surface area contributed by atoms with Crippen LogP contribution in [0.15, 0.2) is 48.8 Å². The number of hydrogen-bond donors (Lipinski definition) is 0. The number of hydrogen-bond acceptors (Lipinski definition) is 3. The highest BCUT2D eigenvalue weighted by molar-refractivity contribution is 6.15. The molecule has 1 unspecified atom stereocenters. The van der Waals surface area contributed by atoms with Crippen molar-refractivity contribution in [3.8, 4) is 0 Å². The summed E-state index contributed by atoms with van der Waals surface area (Å²) in [6.07, 6.45) is 4.77. The molecule has 4 heterocycles. The minimum Gasteiger partial charge on any atom is -0.366 e. The van der Waals surface area contributed by atoms with Crippen LogP contribution in [0.1, 0.15) is 16.8 Å². The van der Waals surface area contributed by atoms with Crippen molar-refractivity contribution < 1.29 is 4.79 Å². The molecule has 2 aromatic heterocycles. The lowest BCUT2D eigenvalue weighted by molar-refractivity contribution is 0.0978. The van der Waals surface area contributed by atoms with Gasteiger partial charge in [-0.15, -0.1) is 0 Å². The standard InChI is InChI=1S/C19H18N4O/c1-21-10-8-14-15(4-2-5-16(14)21)19(24)23-13-7-11-22(12-13)17-6-3-9-20-18(17)23/h2-6,8-10,13H,7,11-12H2,1H3. The number of amides is 1. The van der Waals surface area contributed by atoms with Gasteiger partial charge in [-0.05, 0) is 36.8 Å². The molecule has 1 aromatic carbocycles. The van der Waals surface area contributed by atoms with Crippen LogP contribution in [0, 0.1) is 0 Å². The zero-order chi connectivity index (χ0) is 16.3. The van der Waals surface area contributed by atoms with Gasteiger partial charge in [0.2, 0.25) is 0 Å². The first-order valence-corrected chi connectivity index (χ1v) is 8.31. The number of pyridine rings is 1. The molecular formula is C19H18N4O. The predicted molar refractivity (Wildman–Crippen MR) is 94.6 cm³/mol. The molecule has 1 amide bonds. The minimum absolute atomic E-state index is 0.0540. The predicted octanol–water partition coefficient (Wildman–Crippen LogP) is 2.81. The SMILES string of the molecule is Cn1ccc2c(C(=O)N3c4ncccc4N4CCC3C4)cccc21. The average molecular weight is 318 g/mol. The summed E-state index contributed by atoms with van der Waals surface area (Å²) in [6.45, 7) is 1.89. The first-order valence-electron chi connectivity index (χ1n) is 8.31. The Morgan fingerprint density at radius 1 is 1.21 bits per heavy atom. The third-order valence-electron chi connectivity index (χ3n) is 5.24. The number of aryl methyl sites for hydroxylation is 1. The van der Waals surface area contributed by atoms with Crippen LogP contribution >= 0.6 is 0 Å². The largest absolute Gasteiger partial charge is 0.366 e. The van der Waals surface area contributed by atoms with E-state index in [0.29, 0.717) is 0 Å². The van der Waals surface area contributed by atoms with Gasteiger partial charge in [0.15, 0.2) is 5.82 Å². The average Bonchev–Trinajstić information content (AvgIpc) is 3.20. The zero-order valence-electron chi connectivity index (χ0n) is 13.5. The van der Waals surface area contributed by atoms with E-state index in [1.165, 1.54) is 0 Å². The Balaban J connectivity index is 1.67. The van der Waals surface area contributed by atoms with E-state index in [2.05, 4.69) is 16.0 Å². The van der Waals surface area contributed by atoms with Gasteiger partial charge >= 0.3 is 0 Å². The molecule has 1 atom stereocenters. The lowest BCUT2D eigenvalue weighted by atomic mass is 10.1. The van der Waals surface area contributed by atoms with Crippen LogP contribution in [0.4, 0.5) is 11.5 Å². The number of rotatable bonds is 1. The normalized spacial score (nSPS) is 19.0. The Labute approximate surface area is 140 Å². The summed E-state index contributed by atoms with van der Waals surface area (Å²) >= 11 is 0. The molecule has 0 aliphatic carbocycles. The molecule has 1 fully saturated rings. The number of fused-ring (bicyclic) bond motifs is 5. The van der Waals surface area contributed by atoms with E-state index in [1.807, 2.05) is 53.0 Å². The van der Waals surface area contributed by atoms with Crippen molar-refractivity contribution in [1.29, 1.82) is 0 Å². The minimum atomic E-state index is 0.0540. The fraction of sp³-hybridized carbons (Fsp3) is 0.263. The van der Waals surface area contributed by atoms with E-state index in [1.54, 1.807) is 6.20 Å². The fourth-order valence-electron chi connectivity index (χ4n) is 4.05. The van der Waals surface area contributed by atoms with Gasteiger partial charge < -0.3 is 9.47 Å². The van der Waals surface area contributed by atoms with Gasteiger partial charge in [-0.3, -0.25) is 9.69 Å². The van der Waals surface area contributed by atoms with Crippen LogP contribution in [0.25, 0.3) is 10.9 Å². The van der Waals surface area contributed by atoms with Gasteiger partial charge in [0.25, 0.3) is 5.91 Å². The fourth-order valence-corrected chi connectivity index (χ4v) is 4.05. The van der Waals surface area contributed by atoms with Crippen LogP contribution in [0.5, 0.6) is 0 Å². The summed E-state index contributed by atoms with van der Waals surface area (Å²) in [7, 11) is 2.00. The summed E-state index contributed by atoms with van der Waals surface area (Å²) in [5.41, 5.74) is 2.90. The Bertz CT molecular complexity index is 961. The number of nitrogens with zero attached hydrogens (tertiary/aromatic N) is 4. The quantitative estimate of drug-likeness (QED) is 0.693. The molecule has 0 saturated carbocycles. The van der Waals surface area contributed by atoms with Crippen molar-refractivity contribution in [2.24, 2.45) is 7.05 Å². The second-order valence-corrected chi connectivity index (χ2v) is 6.57. The molecule has 1 saturated heterocycles. The van der Waals surface area contributed by atoms with Crippen molar-refractivity contribution in [1.82, 2.24) is 9.55 Å². The molecule has 24 heavy (non-hydrogen) atoms. The van der Waals surface area contributed by atoms with Crippen LogP contribution in [-0.2, 0) is 7.05 Å². The van der Waals surface area contributed by atoms with E-state index in [4.69, 9.17) is 0 Å². The molecule has 0 radical (unpaired) electrons.